The summed E-state index contributed by atoms with van der Waals surface area (Å²) >= 11 is 0. The Labute approximate surface area is 192 Å². The van der Waals surface area contributed by atoms with Crippen LogP contribution in [-0.2, 0) is 20.0 Å². The van der Waals surface area contributed by atoms with Crippen molar-refractivity contribution in [3.8, 4) is 0 Å². The number of pyridine rings is 1. The second-order valence-electron chi connectivity index (χ2n) is 7.71. The van der Waals surface area contributed by atoms with E-state index in [9.17, 15) is 21.6 Å². The SMILES string of the molecule is Cc1ccc(S(=O)(=O)n2ccc(C(=O)N(c3ccc4nc(C)ccc4c3)S(C)(=O)=O)c2)cc1. The Bertz CT molecular complexity index is 1590. The lowest BCUT2D eigenvalue weighted by Crippen LogP contribution is -2.36. The van der Waals surface area contributed by atoms with Crippen molar-refractivity contribution in [1.29, 1.82) is 0 Å². The molecule has 0 saturated heterocycles. The van der Waals surface area contributed by atoms with Gasteiger partial charge < -0.3 is 0 Å². The molecule has 2 aromatic carbocycles. The number of fused-ring (bicyclic) bond motifs is 1. The molecule has 0 saturated carbocycles. The quantitative estimate of drug-likeness (QED) is 0.430. The molecular formula is C23H21N3O5S2. The second kappa shape index (κ2) is 8.13. The maximum Gasteiger partial charge on any atom is 0.273 e. The Hall–Kier alpha value is -3.50. The van der Waals surface area contributed by atoms with Gasteiger partial charge in [-0.25, -0.2) is 25.1 Å². The van der Waals surface area contributed by atoms with Crippen molar-refractivity contribution in [2.45, 2.75) is 18.7 Å². The van der Waals surface area contributed by atoms with Crippen LogP contribution in [0.5, 0.6) is 0 Å². The fourth-order valence-electron chi connectivity index (χ4n) is 3.40. The number of hydrogen-bond donors (Lipinski definition) is 0. The van der Waals surface area contributed by atoms with Gasteiger partial charge in [-0.2, -0.15) is 0 Å². The summed E-state index contributed by atoms with van der Waals surface area (Å²) in [6.45, 7) is 3.68. The fraction of sp³-hybridized carbons (Fsp3) is 0.130. The number of sulfonamides is 1. The first-order valence-electron chi connectivity index (χ1n) is 9.89. The van der Waals surface area contributed by atoms with Crippen LogP contribution >= 0.6 is 0 Å². The van der Waals surface area contributed by atoms with E-state index >= 15 is 0 Å². The summed E-state index contributed by atoms with van der Waals surface area (Å²) < 4.78 is 52.5. The van der Waals surface area contributed by atoms with Gasteiger partial charge in [0, 0.05) is 23.5 Å². The van der Waals surface area contributed by atoms with Crippen LogP contribution in [0.15, 0.2) is 78.0 Å². The first-order valence-corrected chi connectivity index (χ1v) is 13.2. The number of carbonyl (C=O) groups excluding carboxylic acids is 1. The molecule has 8 nitrogen and oxygen atoms in total. The molecule has 0 radical (unpaired) electrons. The van der Waals surface area contributed by atoms with Gasteiger partial charge in [0.1, 0.15) is 0 Å². The van der Waals surface area contributed by atoms with E-state index < -0.39 is 26.0 Å². The molecule has 0 bridgehead atoms. The number of carbonyl (C=O) groups is 1. The average molecular weight is 484 g/mol. The van der Waals surface area contributed by atoms with Crippen LogP contribution in [0.4, 0.5) is 5.69 Å². The van der Waals surface area contributed by atoms with Gasteiger partial charge >= 0.3 is 0 Å². The molecule has 0 aliphatic heterocycles. The number of aromatic nitrogens is 2. The van der Waals surface area contributed by atoms with E-state index in [-0.39, 0.29) is 16.1 Å². The highest BCUT2D eigenvalue weighted by atomic mass is 32.2. The highest BCUT2D eigenvalue weighted by Gasteiger charge is 2.28. The first-order chi connectivity index (χ1) is 15.5. The minimum Gasteiger partial charge on any atom is -0.268 e. The maximum atomic E-state index is 13.2. The summed E-state index contributed by atoms with van der Waals surface area (Å²) in [6, 6.07) is 15.8. The van der Waals surface area contributed by atoms with Gasteiger partial charge in [-0.3, -0.25) is 9.78 Å². The molecule has 0 fully saturated rings. The van der Waals surface area contributed by atoms with Crippen LogP contribution in [-0.4, -0.2) is 38.0 Å². The minimum absolute atomic E-state index is 0.0555. The zero-order chi connectivity index (χ0) is 24.0. The van der Waals surface area contributed by atoms with Gasteiger partial charge in [-0.15, -0.1) is 0 Å². The Kier molecular flexibility index (Phi) is 5.59. The Morgan fingerprint density at radius 1 is 0.909 bits per heavy atom. The summed E-state index contributed by atoms with van der Waals surface area (Å²) in [5.41, 5.74) is 2.42. The molecule has 0 spiro atoms. The van der Waals surface area contributed by atoms with Crippen molar-refractivity contribution < 1.29 is 21.6 Å². The number of rotatable bonds is 5. The normalized spacial score (nSPS) is 12.1. The largest absolute Gasteiger partial charge is 0.273 e. The molecule has 0 unspecified atom stereocenters. The zero-order valence-corrected chi connectivity index (χ0v) is 19.8. The molecule has 2 heterocycles. The molecule has 0 N–H and O–H groups in total. The molecule has 170 valence electrons. The van der Waals surface area contributed by atoms with Gasteiger partial charge in [0.25, 0.3) is 15.9 Å². The van der Waals surface area contributed by atoms with Crippen LogP contribution in [0, 0.1) is 13.8 Å². The van der Waals surface area contributed by atoms with Crippen molar-refractivity contribution in [3.63, 3.8) is 0 Å². The number of hydrogen-bond acceptors (Lipinski definition) is 6. The molecule has 0 aliphatic carbocycles. The van der Waals surface area contributed by atoms with Crippen LogP contribution < -0.4 is 4.31 Å². The second-order valence-corrected chi connectivity index (χ2v) is 11.4. The third-order valence-corrected chi connectivity index (χ3v) is 7.76. The maximum absolute atomic E-state index is 13.2. The van der Waals surface area contributed by atoms with Crippen molar-refractivity contribution in [3.05, 3.63) is 89.9 Å². The van der Waals surface area contributed by atoms with Gasteiger partial charge in [-0.05, 0) is 56.3 Å². The number of benzene rings is 2. The van der Waals surface area contributed by atoms with E-state index in [1.165, 1.54) is 30.5 Å². The Morgan fingerprint density at radius 2 is 1.61 bits per heavy atom. The van der Waals surface area contributed by atoms with Gasteiger partial charge in [0.15, 0.2) is 0 Å². The van der Waals surface area contributed by atoms with Crippen molar-refractivity contribution in [2.75, 3.05) is 10.6 Å². The van der Waals surface area contributed by atoms with Gasteiger partial charge in [0.05, 0.1) is 27.9 Å². The zero-order valence-electron chi connectivity index (χ0n) is 18.1. The molecule has 0 aliphatic rings. The number of aryl methyl sites for hydroxylation is 2. The van der Waals surface area contributed by atoms with Gasteiger partial charge in [-0.1, -0.05) is 23.8 Å². The van der Waals surface area contributed by atoms with Crippen LogP contribution in [0.3, 0.4) is 0 Å². The predicted molar refractivity (Wildman–Crippen MR) is 126 cm³/mol. The number of nitrogens with zero attached hydrogens (tertiary/aromatic N) is 3. The molecule has 4 rings (SSSR count). The van der Waals surface area contributed by atoms with Crippen molar-refractivity contribution in [2.24, 2.45) is 0 Å². The molecule has 0 atom stereocenters. The summed E-state index contributed by atoms with van der Waals surface area (Å²) in [5.74, 6) is -0.866. The highest BCUT2D eigenvalue weighted by molar-refractivity contribution is 7.92. The fourth-order valence-corrected chi connectivity index (χ4v) is 5.50. The van der Waals surface area contributed by atoms with E-state index in [1.54, 1.807) is 36.4 Å². The minimum atomic E-state index is -4.02. The molecule has 2 aromatic heterocycles. The lowest BCUT2D eigenvalue weighted by Gasteiger charge is -2.20. The van der Waals surface area contributed by atoms with Crippen LogP contribution in [0.25, 0.3) is 10.9 Å². The van der Waals surface area contributed by atoms with E-state index in [0.717, 1.165) is 27.7 Å². The predicted octanol–water partition coefficient (Wildman–Crippen LogP) is 3.50. The first kappa shape index (κ1) is 22.7. The molecule has 33 heavy (non-hydrogen) atoms. The summed E-state index contributed by atoms with van der Waals surface area (Å²) in [5, 5.41) is 0.666. The smallest absolute Gasteiger partial charge is 0.268 e. The summed E-state index contributed by atoms with van der Waals surface area (Å²) in [7, 11) is -7.96. The summed E-state index contributed by atoms with van der Waals surface area (Å²) in [4.78, 5) is 17.7. The molecule has 4 aromatic rings. The average Bonchev–Trinajstić information content (AvgIpc) is 3.24. The third kappa shape index (κ3) is 4.39. The number of amides is 1. The highest BCUT2D eigenvalue weighted by Crippen LogP contribution is 2.26. The molecule has 1 amide bonds. The van der Waals surface area contributed by atoms with Crippen molar-refractivity contribution >= 4 is 42.5 Å². The van der Waals surface area contributed by atoms with Crippen molar-refractivity contribution in [1.82, 2.24) is 8.96 Å². The Morgan fingerprint density at radius 3 is 2.27 bits per heavy atom. The number of anilines is 1. The monoisotopic (exact) mass is 483 g/mol. The Balaban J connectivity index is 1.74. The topological polar surface area (TPSA) is 106 Å². The summed E-state index contributed by atoms with van der Waals surface area (Å²) in [6.07, 6.45) is 3.25. The van der Waals surface area contributed by atoms with Crippen LogP contribution in [0.1, 0.15) is 21.6 Å². The third-order valence-electron chi connectivity index (χ3n) is 5.07. The van der Waals surface area contributed by atoms with E-state index in [2.05, 4.69) is 4.98 Å². The van der Waals surface area contributed by atoms with E-state index in [0.29, 0.717) is 15.2 Å². The molecule has 10 heteroatoms. The van der Waals surface area contributed by atoms with Crippen LogP contribution in [0.2, 0.25) is 0 Å². The van der Waals surface area contributed by atoms with Gasteiger partial charge in [0.2, 0.25) is 10.0 Å². The standard InChI is InChI=1S/C23H21N3O5S2/c1-16-4-9-21(10-5-16)33(30,31)25-13-12-19(15-25)23(27)26(32(3,28)29)20-8-11-22-18(14-20)7-6-17(2)24-22/h4-15H,1-3H3. The van der Waals surface area contributed by atoms with E-state index in [4.69, 9.17) is 0 Å². The van der Waals surface area contributed by atoms with E-state index in [1.807, 2.05) is 13.8 Å². The lowest BCUT2D eigenvalue weighted by atomic mass is 10.2. The lowest BCUT2D eigenvalue weighted by molar-refractivity contribution is 0.101. The molecular weight excluding hydrogens is 462 g/mol.